The number of rotatable bonds is 4. The van der Waals surface area contributed by atoms with Crippen LogP contribution in [0.5, 0.6) is 0 Å². The van der Waals surface area contributed by atoms with Crippen molar-refractivity contribution in [3.8, 4) is 0 Å². The Balaban J connectivity index is 1.61. The quantitative estimate of drug-likeness (QED) is 0.850. The number of sulfone groups is 1. The fraction of sp³-hybridized carbons (Fsp3) is 0.529. The normalized spacial score (nSPS) is 25.2. The second-order valence-electron chi connectivity index (χ2n) is 6.93. The van der Waals surface area contributed by atoms with Crippen molar-refractivity contribution in [2.75, 3.05) is 42.4 Å². The van der Waals surface area contributed by atoms with Crippen LogP contribution in [-0.2, 0) is 19.4 Å². The van der Waals surface area contributed by atoms with Crippen LogP contribution in [0.25, 0.3) is 0 Å². The third-order valence-corrected chi connectivity index (χ3v) is 6.58. The number of carbonyl (C=O) groups is 2. The van der Waals surface area contributed by atoms with E-state index in [2.05, 4.69) is 5.32 Å². The standard InChI is InChI=1S/C17H23N3O4S/c1-19(2)14-5-3-13(4-6-14)18-17(22)12-9-16(21)20(10-12)15-7-8-25(23,24)11-15/h3-6,12,15H,7-11H2,1-2H3,(H,18,22). The van der Waals surface area contributed by atoms with Gasteiger partial charge in [0.15, 0.2) is 9.84 Å². The summed E-state index contributed by atoms with van der Waals surface area (Å²) in [7, 11) is 0.828. The number of nitrogens with one attached hydrogen (secondary N) is 1. The Hall–Kier alpha value is -2.09. The van der Waals surface area contributed by atoms with Crippen LogP contribution in [0.2, 0.25) is 0 Å². The fourth-order valence-corrected chi connectivity index (χ4v) is 5.10. The van der Waals surface area contributed by atoms with Crippen molar-refractivity contribution in [1.29, 1.82) is 0 Å². The molecule has 0 radical (unpaired) electrons. The molecule has 1 aromatic rings. The molecule has 2 aliphatic rings. The number of anilines is 2. The first-order chi connectivity index (χ1) is 11.7. The predicted octanol–water partition coefficient (Wildman–Crippen LogP) is 0.727. The molecule has 2 unspecified atom stereocenters. The van der Waals surface area contributed by atoms with Gasteiger partial charge in [0.1, 0.15) is 0 Å². The van der Waals surface area contributed by atoms with Gasteiger partial charge in [-0.25, -0.2) is 8.42 Å². The van der Waals surface area contributed by atoms with Crippen LogP contribution in [0.4, 0.5) is 11.4 Å². The molecular formula is C17H23N3O4S. The van der Waals surface area contributed by atoms with Crippen molar-refractivity contribution in [1.82, 2.24) is 4.90 Å². The van der Waals surface area contributed by atoms with Gasteiger partial charge in [0.05, 0.1) is 17.4 Å². The van der Waals surface area contributed by atoms with Gasteiger partial charge >= 0.3 is 0 Å². The van der Waals surface area contributed by atoms with E-state index in [0.29, 0.717) is 18.7 Å². The summed E-state index contributed by atoms with van der Waals surface area (Å²) in [4.78, 5) is 28.2. The van der Waals surface area contributed by atoms with Gasteiger partial charge in [-0.2, -0.15) is 0 Å². The van der Waals surface area contributed by atoms with Gasteiger partial charge in [-0.05, 0) is 30.7 Å². The first kappa shape index (κ1) is 17.7. The minimum absolute atomic E-state index is 0.0130. The molecule has 2 aliphatic heterocycles. The van der Waals surface area contributed by atoms with E-state index in [1.54, 1.807) is 4.90 Å². The van der Waals surface area contributed by atoms with Crippen LogP contribution < -0.4 is 10.2 Å². The number of hydrogen-bond acceptors (Lipinski definition) is 5. The maximum atomic E-state index is 12.4. The van der Waals surface area contributed by atoms with Crippen LogP contribution in [0.15, 0.2) is 24.3 Å². The second-order valence-corrected chi connectivity index (χ2v) is 9.16. The average molecular weight is 365 g/mol. The Kier molecular flexibility index (Phi) is 4.73. The summed E-state index contributed by atoms with van der Waals surface area (Å²) in [5.41, 5.74) is 1.72. The first-order valence-corrected chi connectivity index (χ1v) is 10.2. The number of hydrogen-bond donors (Lipinski definition) is 1. The van der Waals surface area contributed by atoms with Crippen molar-refractivity contribution in [3.05, 3.63) is 24.3 Å². The molecule has 0 aromatic heterocycles. The van der Waals surface area contributed by atoms with Crippen LogP contribution in [-0.4, -0.2) is 63.3 Å². The van der Waals surface area contributed by atoms with Gasteiger partial charge in [-0.15, -0.1) is 0 Å². The number of carbonyl (C=O) groups excluding carboxylic acids is 2. The van der Waals surface area contributed by atoms with Crippen molar-refractivity contribution in [3.63, 3.8) is 0 Å². The summed E-state index contributed by atoms with van der Waals surface area (Å²) in [6.07, 6.45) is 0.604. The third kappa shape index (κ3) is 3.95. The predicted molar refractivity (Wildman–Crippen MR) is 96.3 cm³/mol. The van der Waals surface area contributed by atoms with E-state index in [4.69, 9.17) is 0 Å². The van der Waals surface area contributed by atoms with Crippen LogP contribution in [0.1, 0.15) is 12.8 Å². The molecule has 2 fully saturated rings. The van der Waals surface area contributed by atoms with Crippen LogP contribution in [0, 0.1) is 5.92 Å². The zero-order valence-corrected chi connectivity index (χ0v) is 15.3. The van der Waals surface area contributed by atoms with E-state index in [-0.39, 0.29) is 35.8 Å². The fourth-order valence-electron chi connectivity index (χ4n) is 3.37. The zero-order chi connectivity index (χ0) is 18.2. The molecule has 2 atom stereocenters. The third-order valence-electron chi connectivity index (χ3n) is 4.83. The van der Waals surface area contributed by atoms with Gasteiger partial charge < -0.3 is 15.1 Å². The number of likely N-dealkylation sites (tertiary alicyclic amines) is 1. The monoisotopic (exact) mass is 365 g/mol. The molecule has 0 bridgehead atoms. The van der Waals surface area contributed by atoms with Gasteiger partial charge in [0.2, 0.25) is 11.8 Å². The number of amides is 2. The Morgan fingerprint density at radius 3 is 2.48 bits per heavy atom. The summed E-state index contributed by atoms with van der Waals surface area (Å²) in [5.74, 6) is -0.640. The minimum atomic E-state index is -3.05. The average Bonchev–Trinajstić information content (AvgIpc) is 3.10. The van der Waals surface area contributed by atoms with Crippen LogP contribution in [0.3, 0.4) is 0 Å². The van der Waals surface area contributed by atoms with Crippen molar-refractivity contribution in [2.45, 2.75) is 18.9 Å². The Labute approximate surface area is 147 Å². The van der Waals surface area contributed by atoms with Crippen molar-refractivity contribution in [2.24, 2.45) is 5.92 Å². The lowest BCUT2D eigenvalue weighted by atomic mass is 10.1. The van der Waals surface area contributed by atoms with Crippen molar-refractivity contribution < 1.29 is 18.0 Å². The van der Waals surface area contributed by atoms with Gasteiger partial charge in [0, 0.05) is 44.5 Å². The molecule has 2 saturated heterocycles. The van der Waals surface area contributed by atoms with E-state index in [1.807, 2.05) is 43.3 Å². The maximum Gasteiger partial charge on any atom is 0.229 e. The number of benzene rings is 1. The molecule has 25 heavy (non-hydrogen) atoms. The molecule has 2 amide bonds. The highest BCUT2D eigenvalue weighted by Crippen LogP contribution is 2.27. The molecule has 1 aromatic carbocycles. The molecule has 0 aliphatic carbocycles. The Morgan fingerprint density at radius 1 is 1.24 bits per heavy atom. The summed E-state index contributed by atoms with van der Waals surface area (Å²) in [5, 5.41) is 2.84. The van der Waals surface area contributed by atoms with E-state index in [0.717, 1.165) is 5.69 Å². The van der Waals surface area contributed by atoms with Gasteiger partial charge in [0.25, 0.3) is 0 Å². The summed E-state index contributed by atoms with van der Waals surface area (Å²) in [6.45, 7) is 0.292. The topological polar surface area (TPSA) is 86.8 Å². The van der Waals surface area contributed by atoms with Crippen LogP contribution >= 0.6 is 0 Å². The molecule has 8 heteroatoms. The molecule has 1 N–H and O–H groups in total. The van der Waals surface area contributed by atoms with E-state index in [9.17, 15) is 18.0 Å². The highest BCUT2D eigenvalue weighted by Gasteiger charge is 2.41. The summed E-state index contributed by atoms with van der Waals surface area (Å²) < 4.78 is 23.2. The van der Waals surface area contributed by atoms with E-state index < -0.39 is 15.8 Å². The molecular weight excluding hydrogens is 342 g/mol. The molecule has 3 rings (SSSR count). The lowest BCUT2D eigenvalue weighted by molar-refractivity contribution is -0.129. The molecule has 0 saturated carbocycles. The maximum absolute atomic E-state index is 12.4. The Morgan fingerprint density at radius 2 is 1.92 bits per heavy atom. The number of nitrogens with zero attached hydrogens (tertiary/aromatic N) is 2. The SMILES string of the molecule is CN(C)c1ccc(NC(=O)C2CC(=O)N(C3CCS(=O)(=O)C3)C2)cc1. The molecule has 0 spiro atoms. The summed E-state index contributed by atoms with van der Waals surface area (Å²) in [6, 6.07) is 7.18. The van der Waals surface area contributed by atoms with Crippen molar-refractivity contribution >= 4 is 33.0 Å². The highest BCUT2D eigenvalue weighted by atomic mass is 32.2. The van der Waals surface area contributed by atoms with Gasteiger partial charge in [-0.3, -0.25) is 9.59 Å². The Bertz CT molecular complexity index is 774. The molecule has 2 heterocycles. The molecule has 7 nitrogen and oxygen atoms in total. The largest absolute Gasteiger partial charge is 0.378 e. The lowest BCUT2D eigenvalue weighted by Crippen LogP contribution is -2.38. The second kappa shape index (κ2) is 6.67. The minimum Gasteiger partial charge on any atom is -0.378 e. The highest BCUT2D eigenvalue weighted by molar-refractivity contribution is 7.91. The van der Waals surface area contributed by atoms with E-state index >= 15 is 0 Å². The lowest BCUT2D eigenvalue weighted by Gasteiger charge is -2.23. The molecule has 136 valence electrons. The summed E-state index contributed by atoms with van der Waals surface area (Å²) >= 11 is 0. The first-order valence-electron chi connectivity index (χ1n) is 8.33. The smallest absolute Gasteiger partial charge is 0.229 e. The van der Waals surface area contributed by atoms with E-state index in [1.165, 1.54) is 0 Å². The van der Waals surface area contributed by atoms with Gasteiger partial charge in [-0.1, -0.05) is 0 Å². The zero-order valence-electron chi connectivity index (χ0n) is 14.4.